The molecule has 1 aromatic heterocycles. The van der Waals surface area contributed by atoms with Crippen LogP contribution in [0.1, 0.15) is 19.8 Å². The molecule has 16 heavy (non-hydrogen) atoms. The van der Waals surface area contributed by atoms with E-state index in [0.717, 1.165) is 28.7 Å². The third kappa shape index (κ3) is 2.08. The smallest absolute Gasteiger partial charge is 0.0422 e. The summed E-state index contributed by atoms with van der Waals surface area (Å²) < 4.78 is 0. The Morgan fingerprint density at radius 1 is 1.25 bits per heavy atom. The molecule has 2 aromatic rings. The molecule has 0 spiro atoms. The van der Waals surface area contributed by atoms with Gasteiger partial charge in [-0.2, -0.15) is 0 Å². The molecule has 0 radical (unpaired) electrons. The van der Waals surface area contributed by atoms with E-state index in [1.165, 1.54) is 12.8 Å². The summed E-state index contributed by atoms with van der Waals surface area (Å²) in [5.41, 5.74) is 7.83. The third-order valence-electron chi connectivity index (χ3n) is 2.70. The summed E-state index contributed by atoms with van der Waals surface area (Å²) in [6.07, 6.45) is 5.99. The topological polar surface area (TPSA) is 50.9 Å². The summed E-state index contributed by atoms with van der Waals surface area (Å²) in [5.74, 6) is 0. The van der Waals surface area contributed by atoms with Gasteiger partial charge in [-0.25, -0.2) is 0 Å². The Balaban J connectivity index is 2.35. The van der Waals surface area contributed by atoms with Crippen molar-refractivity contribution in [3.05, 3.63) is 30.6 Å². The van der Waals surface area contributed by atoms with Gasteiger partial charge in [0.05, 0.1) is 0 Å². The van der Waals surface area contributed by atoms with Crippen molar-refractivity contribution in [2.45, 2.75) is 19.8 Å². The molecule has 84 valence electrons. The number of nitrogens with one attached hydrogen (secondary N) is 1. The maximum Gasteiger partial charge on any atom is 0.0422 e. The van der Waals surface area contributed by atoms with E-state index < -0.39 is 0 Å². The second kappa shape index (κ2) is 4.84. The van der Waals surface area contributed by atoms with Crippen LogP contribution in [0.4, 0.5) is 11.4 Å². The average molecular weight is 215 g/mol. The van der Waals surface area contributed by atoms with E-state index in [9.17, 15) is 0 Å². The van der Waals surface area contributed by atoms with Gasteiger partial charge in [-0.1, -0.05) is 13.3 Å². The minimum Gasteiger partial charge on any atom is -0.398 e. The monoisotopic (exact) mass is 215 g/mol. The zero-order chi connectivity index (χ0) is 11.4. The minimum absolute atomic E-state index is 0.782. The van der Waals surface area contributed by atoms with Crippen molar-refractivity contribution in [3.63, 3.8) is 0 Å². The minimum atomic E-state index is 0.782. The highest BCUT2D eigenvalue weighted by Gasteiger charge is 2.02. The molecular formula is C13H17N3. The highest BCUT2D eigenvalue weighted by Crippen LogP contribution is 2.27. The lowest BCUT2D eigenvalue weighted by Crippen LogP contribution is -2.02. The van der Waals surface area contributed by atoms with Crippen LogP contribution in [0.2, 0.25) is 0 Å². The second-order valence-electron chi connectivity index (χ2n) is 3.90. The predicted molar refractivity (Wildman–Crippen MR) is 69.6 cm³/mol. The molecule has 0 unspecified atom stereocenters. The number of nitrogen functional groups attached to an aromatic ring is 1. The molecule has 0 atom stereocenters. The lowest BCUT2D eigenvalue weighted by Gasteiger charge is -2.10. The highest BCUT2D eigenvalue weighted by molar-refractivity contribution is 6.00. The molecule has 0 amide bonds. The molecule has 2 rings (SSSR count). The Labute approximate surface area is 95.7 Å². The van der Waals surface area contributed by atoms with Crippen molar-refractivity contribution in [1.29, 1.82) is 0 Å². The molecular weight excluding hydrogens is 198 g/mol. The van der Waals surface area contributed by atoms with Crippen LogP contribution in [0.3, 0.4) is 0 Å². The van der Waals surface area contributed by atoms with Gasteiger partial charge in [-0.15, -0.1) is 0 Å². The van der Waals surface area contributed by atoms with Gasteiger partial charge in [-0.05, 0) is 24.6 Å². The van der Waals surface area contributed by atoms with Gasteiger partial charge in [0.2, 0.25) is 0 Å². The van der Waals surface area contributed by atoms with Gasteiger partial charge in [0.25, 0.3) is 0 Å². The van der Waals surface area contributed by atoms with Crippen molar-refractivity contribution < 1.29 is 0 Å². The van der Waals surface area contributed by atoms with E-state index in [-0.39, 0.29) is 0 Å². The quantitative estimate of drug-likeness (QED) is 0.609. The fourth-order valence-electron chi connectivity index (χ4n) is 1.77. The fraction of sp³-hybridized carbons (Fsp3) is 0.308. The number of hydrogen-bond donors (Lipinski definition) is 2. The SMILES string of the molecule is CCCCNc1ccc(N)c2cnccc12. The van der Waals surface area contributed by atoms with Crippen LogP contribution >= 0.6 is 0 Å². The Morgan fingerprint density at radius 2 is 2.12 bits per heavy atom. The Kier molecular flexibility index (Phi) is 3.25. The molecule has 0 saturated heterocycles. The van der Waals surface area contributed by atoms with Crippen molar-refractivity contribution in [2.75, 3.05) is 17.6 Å². The molecule has 1 heterocycles. The van der Waals surface area contributed by atoms with E-state index >= 15 is 0 Å². The maximum absolute atomic E-state index is 5.91. The summed E-state index contributed by atoms with van der Waals surface area (Å²) >= 11 is 0. The standard InChI is InChI=1S/C13H17N3/c1-2-3-7-16-13-5-4-12(14)11-9-15-8-6-10(11)13/h4-6,8-9,16H,2-3,7,14H2,1H3. The Hall–Kier alpha value is -1.77. The van der Waals surface area contributed by atoms with Gasteiger partial charge in [0.15, 0.2) is 0 Å². The third-order valence-corrected chi connectivity index (χ3v) is 2.70. The fourth-order valence-corrected chi connectivity index (χ4v) is 1.77. The predicted octanol–water partition coefficient (Wildman–Crippen LogP) is 3.03. The number of fused-ring (bicyclic) bond motifs is 1. The zero-order valence-electron chi connectivity index (χ0n) is 9.53. The van der Waals surface area contributed by atoms with Crippen molar-refractivity contribution in [3.8, 4) is 0 Å². The van der Waals surface area contributed by atoms with Crippen LogP contribution in [0.5, 0.6) is 0 Å². The van der Waals surface area contributed by atoms with Gasteiger partial charge >= 0.3 is 0 Å². The van der Waals surface area contributed by atoms with E-state index in [4.69, 9.17) is 5.73 Å². The lowest BCUT2D eigenvalue weighted by atomic mass is 10.1. The van der Waals surface area contributed by atoms with Crippen LogP contribution in [0.15, 0.2) is 30.6 Å². The van der Waals surface area contributed by atoms with Gasteiger partial charge < -0.3 is 11.1 Å². The molecule has 0 aliphatic heterocycles. The number of unbranched alkanes of at least 4 members (excludes halogenated alkanes) is 1. The number of pyridine rings is 1. The van der Waals surface area contributed by atoms with Crippen molar-refractivity contribution in [2.24, 2.45) is 0 Å². The molecule has 3 N–H and O–H groups in total. The average Bonchev–Trinajstić information content (AvgIpc) is 2.33. The molecule has 3 nitrogen and oxygen atoms in total. The first-order valence-corrected chi connectivity index (χ1v) is 5.69. The number of benzene rings is 1. The van der Waals surface area contributed by atoms with Gasteiger partial charge in [0, 0.05) is 41.1 Å². The Morgan fingerprint density at radius 3 is 2.94 bits per heavy atom. The first-order chi connectivity index (χ1) is 7.83. The van der Waals surface area contributed by atoms with Crippen LogP contribution in [-0.2, 0) is 0 Å². The van der Waals surface area contributed by atoms with Crippen LogP contribution in [0.25, 0.3) is 10.8 Å². The molecule has 3 heteroatoms. The summed E-state index contributed by atoms with van der Waals surface area (Å²) in [6.45, 7) is 3.19. The van der Waals surface area contributed by atoms with E-state index in [2.05, 4.69) is 17.2 Å². The number of nitrogens with zero attached hydrogens (tertiary/aromatic N) is 1. The summed E-state index contributed by atoms with van der Waals surface area (Å²) in [7, 11) is 0. The largest absolute Gasteiger partial charge is 0.398 e. The van der Waals surface area contributed by atoms with Crippen LogP contribution in [0, 0.1) is 0 Å². The Bertz CT molecular complexity index is 480. The molecule has 1 aromatic carbocycles. The molecule has 0 aliphatic carbocycles. The van der Waals surface area contributed by atoms with Gasteiger partial charge in [-0.3, -0.25) is 4.98 Å². The molecule has 0 bridgehead atoms. The number of hydrogen-bond acceptors (Lipinski definition) is 3. The van der Waals surface area contributed by atoms with Crippen molar-refractivity contribution in [1.82, 2.24) is 4.98 Å². The second-order valence-corrected chi connectivity index (χ2v) is 3.90. The van der Waals surface area contributed by atoms with Crippen LogP contribution in [-0.4, -0.2) is 11.5 Å². The normalized spacial score (nSPS) is 10.6. The number of aromatic nitrogens is 1. The van der Waals surface area contributed by atoms with E-state index in [1.54, 1.807) is 6.20 Å². The number of anilines is 2. The van der Waals surface area contributed by atoms with Crippen LogP contribution < -0.4 is 11.1 Å². The first-order valence-electron chi connectivity index (χ1n) is 5.69. The zero-order valence-corrected chi connectivity index (χ0v) is 9.53. The molecule has 0 fully saturated rings. The van der Waals surface area contributed by atoms with Gasteiger partial charge in [0.1, 0.15) is 0 Å². The number of nitrogens with two attached hydrogens (primary N) is 1. The highest BCUT2D eigenvalue weighted by atomic mass is 14.9. The van der Waals surface area contributed by atoms with E-state index in [0.29, 0.717) is 0 Å². The summed E-state index contributed by atoms with van der Waals surface area (Å²) in [5, 5.41) is 5.59. The lowest BCUT2D eigenvalue weighted by molar-refractivity contribution is 0.835. The first kappa shape index (κ1) is 10.7. The molecule has 0 aliphatic rings. The maximum atomic E-state index is 5.91. The van der Waals surface area contributed by atoms with E-state index in [1.807, 2.05) is 24.4 Å². The summed E-state index contributed by atoms with van der Waals surface area (Å²) in [6, 6.07) is 5.96. The number of rotatable bonds is 4. The summed E-state index contributed by atoms with van der Waals surface area (Å²) in [4.78, 5) is 4.10. The van der Waals surface area contributed by atoms with Crippen molar-refractivity contribution >= 4 is 22.1 Å². The molecule has 0 saturated carbocycles.